The minimum atomic E-state index is -4.41. The van der Waals surface area contributed by atoms with Crippen LogP contribution in [-0.2, 0) is 12.6 Å². The Hall–Kier alpha value is -3.61. The molecule has 29 heavy (non-hydrogen) atoms. The molecule has 4 nitrogen and oxygen atoms in total. The van der Waals surface area contributed by atoms with Crippen molar-refractivity contribution in [3.8, 4) is 11.3 Å². The van der Waals surface area contributed by atoms with E-state index in [1.807, 2.05) is 0 Å². The van der Waals surface area contributed by atoms with Gasteiger partial charge in [0.1, 0.15) is 11.3 Å². The average molecular weight is 397 g/mol. The van der Waals surface area contributed by atoms with Crippen LogP contribution in [0, 0.1) is 0 Å². The zero-order chi connectivity index (χ0) is 20.6. The molecule has 146 valence electrons. The summed E-state index contributed by atoms with van der Waals surface area (Å²) in [6.45, 7) is 0. The Bertz CT molecular complexity index is 1210. The van der Waals surface area contributed by atoms with E-state index in [-0.39, 0.29) is 12.0 Å². The van der Waals surface area contributed by atoms with Crippen LogP contribution in [-0.4, -0.2) is 16.1 Å². The van der Waals surface area contributed by atoms with Gasteiger partial charge in [0, 0.05) is 23.6 Å². The topological polar surface area (TPSA) is 63.3 Å². The lowest BCUT2D eigenvalue weighted by Crippen LogP contribution is -2.05. The van der Waals surface area contributed by atoms with Crippen molar-refractivity contribution in [1.82, 2.24) is 4.98 Å². The van der Waals surface area contributed by atoms with Gasteiger partial charge in [-0.2, -0.15) is 13.2 Å². The lowest BCUT2D eigenvalue weighted by atomic mass is 10.0. The molecule has 0 aliphatic heterocycles. The van der Waals surface area contributed by atoms with Crippen molar-refractivity contribution in [3.63, 3.8) is 0 Å². The highest BCUT2D eigenvalue weighted by atomic mass is 19.4. The molecule has 4 aromatic rings. The molecule has 0 radical (unpaired) electrons. The quantitative estimate of drug-likeness (QED) is 0.473. The van der Waals surface area contributed by atoms with Crippen molar-refractivity contribution in [2.45, 2.75) is 12.6 Å². The van der Waals surface area contributed by atoms with Crippen LogP contribution in [0.4, 0.5) is 13.2 Å². The number of pyridine rings is 1. The molecule has 7 heteroatoms. The molecule has 0 bridgehead atoms. The molecular formula is C22H14F3NO3. The summed E-state index contributed by atoms with van der Waals surface area (Å²) in [5.41, 5.74) is 1.58. The number of carbonyl (C=O) groups is 1. The number of carboxylic acids is 1. The monoisotopic (exact) mass is 397 g/mol. The molecule has 0 amide bonds. The second-order valence-electron chi connectivity index (χ2n) is 6.54. The molecule has 0 unspecified atom stereocenters. The number of halogens is 3. The number of fused-ring (bicyclic) bond motifs is 1. The Morgan fingerprint density at radius 3 is 2.59 bits per heavy atom. The Balaban J connectivity index is 1.72. The van der Waals surface area contributed by atoms with Gasteiger partial charge in [-0.3, -0.25) is 4.98 Å². The fourth-order valence-electron chi connectivity index (χ4n) is 3.19. The van der Waals surface area contributed by atoms with E-state index in [4.69, 9.17) is 4.42 Å². The molecule has 0 fully saturated rings. The van der Waals surface area contributed by atoms with Crippen molar-refractivity contribution in [3.05, 3.63) is 89.3 Å². The molecule has 1 N–H and O–H groups in total. The fourth-order valence-corrected chi connectivity index (χ4v) is 3.19. The second-order valence-corrected chi connectivity index (χ2v) is 6.54. The molecule has 0 saturated heterocycles. The van der Waals surface area contributed by atoms with Gasteiger partial charge in [-0.1, -0.05) is 30.3 Å². The van der Waals surface area contributed by atoms with Gasteiger partial charge in [-0.15, -0.1) is 0 Å². The first-order valence-corrected chi connectivity index (χ1v) is 8.68. The standard InChI is InChI=1S/C22H14F3NO3/c23-22(24,25)16-6-1-3-13(9-16)10-17-12-18-19(29-17)7-8-26-20(18)14-4-2-5-15(11-14)21(27)28/h1-9,11-12H,10H2,(H,27,28). The van der Waals surface area contributed by atoms with E-state index in [2.05, 4.69) is 4.98 Å². The van der Waals surface area contributed by atoms with Crippen molar-refractivity contribution in [2.24, 2.45) is 0 Å². The lowest BCUT2D eigenvalue weighted by molar-refractivity contribution is -0.137. The van der Waals surface area contributed by atoms with E-state index < -0.39 is 17.7 Å². The number of hydrogen-bond acceptors (Lipinski definition) is 3. The van der Waals surface area contributed by atoms with Crippen LogP contribution in [0.25, 0.3) is 22.2 Å². The molecule has 2 heterocycles. The van der Waals surface area contributed by atoms with Gasteiger partial charge < -0.3 is 9.52 Å². The first-order chi connectivity index (χ1) is 13.8. The maximum atomic E-state index is 12.9. The van der Waals surface area contributed by atoms with Crippen molar-refractivity contribution in [1.29, 1.82) is 0 Å². The summed E-state index contributed by atoms with van der Waals surface area (Å²) < 4.78 is 44.6. The van der Waals surface area contributed by atoms with Crippen LogP contribution >= 0.6 is 0 Å². The Morgan fingerprint density at radius 2 is 1.83 bits per heavy atom. The van der Waals surface area contributed by atoms with Gasteiger partial charge in [0.2, 0.25) is 0 Å². The van der Waals surface area contributed by atoms with Crippen LogP contribution in [0.1, 0.15) is 27.2 Å². The molecule has 0 atom stereocenters. The van der Waals surface area contributed by atoms with E-state index in [1.165, 1.54) is 18.2 Å². The number of benzene rings is 2. The number of aromatic nitrogens is 1. The molecule has 0 saturated carbocycles. The van der Waals surface area contributed by atoms with Crippen molar-refractivity contribution >= 4 is 16.9 Å². The van der Waals surface area contributed by atoms with Crippen LogP contribution in [0.5, 0.6) is 0 Å². The van der Waals surface area contributed by atoms with Gasteiger partial charge in [0.25, 0.3) is 0 Å². The number of rotatable bonds is 4. The summed E-state index contributed by atoms with van der Waals surface area (Å²) in [4.78, 5) is 15.6. The molecule has 0 aliphatic rings. The molecule has 4 rings (SSSR count). The summed E-state index contributed by atoms with van der Waals surface area (Å²) >= 11 is 0. The van der Waals surface area contributed by atoms with E-state index in [0.717, 1.165) is 12.1 Å². The molecule has 0 aliphatic carbocycles. The summed E-state index contributed by atoms with van der Waals surface area (Å²) in [5.74, 6) is -0.556. The summed E-state index contributed by atoms with van der Waals surface area (Å²) in [5, 5.41) is 9.86. The maximum absolute atomic E-state index is 12.9. The highest BCUT2D eigenvalue weighted by Crippen LogP contribution is 2.32. The fraction of sp³-hybridized carbons (Fsp3) is 0.0909. The lowest BCUT2D eigenvalue weighted by Gasteiger charge is -2.07. The zero-order valence-corrected chi connectivity index (χ0v) is 14.9. The van der Waals surface area contributed by atoms with Gasteiger partial charge >= 0.3 is 12.1 Å². The predicted octanol–water partition coefficient (Wildman–Crippen LogP) is 5.80. The smallest absolute Gasteiger partial charge is 0.416 e. The number of furan rings is 1. The summed E-state index contributed by atoms with van der Waals surface area (Å²) in [6, 6.07) is 14.9. The van der Waals surface area contributed by atoms with Crippen LogP contribution in [0.2, 0.25) is 0 Å². The van der Waals surface area contributed by atoms with Crippen LogP contribution < -0.4 is 0 Å². The van der Waals surface area contributed by atoms with E-state index >= 15 is 0 Å². The van der Waals surface area contributed by atoms with Gasteiger partial charge in [0.05, 0.1) is 16.8 Å². The van der Waals surface area contributed by atoms with Crippen molar-refractivity contribution in [2.75, 3.05) is 0 Å². The second kappa shape index (κ2) is 7.09. The molecule has 2 aromatic heterocycles. The number of hydrogen-bond donors (Lipinski definition) is 1. The van der Waals surface area contributed by atoms with E-state index in [9.17, 15) is 23.1 Å². The maximum Gasteiger partial charge on any atom is 0.416 e. The third kappa shape index (κ3) is 3.85. The largest absolute Gasteiger partial charge is 0.478 e. The molecular weight excluding hydrogens is 383 g/mol. The molecule has 0 spiro atoms. The van der Waals surface area contributed by atoms with Gasteiger partial charge in [-0.25, -0.2) is 4.79 Å². The first-order valence-electron chi connectivity index (χ1n) is 8.68. The molecule has 2 aromatic carbocycles. The average Bonchev–Trinajstić information content (AvgIpc) is 3.10. The predicted molar refractivity (Wildman–Crippen MR) is 101 cm³/mol. The van der Waals surface area contributed by atoms with Crippen LogP contribution in [0.3, 0.4) is 0 Å². The number of nitrogens with zero attached hydrogens (tertiary/aromatic N) is 1. The van der Waals surface area contributed by atoms with E-state index in [1.54, 1.807) is 36.5 Å². The highest BCUT2D eigenvalue weighted by Gasteiger charge is 2.30. The Labute approximate surface area is 163 Å². The third-order valence-corrected chi connectivity index (χ3v) is 4.51. The minimum absolute atomic E-state index is 0.133. The number of carboxylic acid groups (broad SMARTS) is 1. The normalized spacial score (nSPS) is 11.7. The summed E-state index contributed by atoms with van der Waals surface area (Å²) in [7, 11) is 0. The minimum Gasteiger partial charge on any atom is -0.478 e. The van der Waals surface area contributed by atoms with Crippen LogP contribution in [0.15, 0.2) is 71.3 Å². The van der Waals surface area contributed by atoms with Crippen molar-refractivity contribution < 1.29 is 27.5 Å². The van der Waals surface area contributed by atoms with Gasteiger partial charge in [0.15, 0.2) is 0 Å². The Kier molecular flexibility index (Phi) is 4.58. The SMILES string of the molecule is O=C(O)c1cccc(-c2nccc3oc(Cc4cccc(C(F)(F)F)c4)cc23)c1. The number of aromatic carboxylic acids is 1. The first kappa shape index (κ1) is 18.7. The third-order valence-electron chi connectivity index (χ3n) is 4.51. The van der Waals surface area contributed by atoms with E-state index in [0.29, 0.717) is 33.6 Å². The summed E-state index contributed by atoms with van der Waals surface area (Å²) in [6.07, 6.45) is -2.67. The van der Waals surface area contributed by atoms with Gasteiger partial charge in [-0.05, 0) is 35.9 Å². The zero-order valence-electron chi connectivity index (χ0n) is 14.9. The Morgan fingerprint density at radius 1 is 1.03 bits per heavy atom. The highest BCUT2D eigenvalue weighted by molar-refractivity contribution is 5.94. The number of alkyl halides is 3.